The highest BCUT2D eigenvalue weighted by molar-refractivity contribution is 8.13. The number of halogens is 1. The van der Waals surface area contributed by atoms with Crippen LogP contribution in [-0.2, 0) is 9.05 Å². The molecule has 0 amide bonds. The molecule has 1 unspecified atom stereocenters. The van der Waals surface area contributed by atoms with Crippen molar-refractivity contribution in [2.45, 2.75) is 37.4 Å². The molecular weight excluding hydrogens is 256 g/mol. The summed E-state index contributed by atoms with van der Waals surface area (Å²) in [6, 6.07) is 9.35. The van der Waals surface area contributed by atoms with Gasteiger partial charge in [-0.25, -0.2) is 8.42 Å². The lowest BCUT2D eigenvalue weighted by atomic mass is 9.84. The number of hydrogen-bond acceptors (Lipinski definition) is 2. The normalized spacial score (nSPS) is 20.1. The molecular formula is C13H17ClO2S. The molecule has 2 rings (SSSR count). The van der Waals surface area contributed by atoms with Gasteiger partial charge < -0.3 is 0 Å². The Morgan fingerprint density at radius 2 is 1.65 bits per heavy atom. The van der Waals surface area contributed by atoms with Crippen LogP contribution in [0.25, 0.3) is 0 Å². The lowest BCUT2D eigenvalue weighted by Crippen LogP contribution is -2.21. The Kier molecular flexibility index (Phi) is 4.10. The predicted molar refractivity (Wildman–Crippen MR) is 70.5 cm³/mol. The van der Waals surface area contributed by atoms with Crippen molar-refractivity contribution < 1.29 is 8.42 Å². The summed E-state index contributed by atoms with van der Waals surface area (Å²) in [5, 5.41) is -0.536. The Morgan fingerprint density at radius 3 is 2.18 bits per heavy atom. The summed E-state index contributed by atoms with van der Waals surface area (Å²) in [5.74, 6) is 0.175. The van der Waals surface area contributed by atoms with Crippen molar-refractivity contribution in [3.8, 4) is 0 Å². The van der Waals surface area contributed by atoms with Crippen LogP contribution in [0, 0.1) is 5.92 Å². The van der Waals surface area contributed by atoms with Gasteiger partial charge >= 0.3 is 0 Å². The number of hydrogen-bond donors (Lipinski definition) is 0. The highest BCUT2D eigenvalue weighted by Gasteiger charge is 2.34. The maximum absolute atomic E-state index is 11.8. The minimum absolute atomic E-state index is 0.175. The van der Waals surface area contributed by atoms with Crippen molar-refractivity contribution in [1.29, 1.82) is 0 Å². The second-order valence-corrected chi connectivity index (χ2v) is 7.45. The Balaban J connectivity index is 2.32. The highest BCUT2D eigenvalue weighted by atomic mass is 35.7. The summed E-state index contributed by atoms with van der Waals surface area (Å²) in [5.41, 5.74) is 0.828. The molecule has 0 spiro atoms. The minimum atomic E-state index is -3.55. The lowest BCUT2D eigenvalue weighted by molar-refractivity contribution is 0.344. The van der Waals surface area contributed by atoms with E-state index in [9.17, 15) is 8.42 Å². The van der Waals surface area contributed by atoms with Crippen molar-refractivity contribution in [3.05, 3.63) is 35.9 Å². The predicted octanol–water partition coefficient (Wildman–Crippen LogP) is 3.88. The molecule has 1 aliphatic rings. The minimum Gasteiger partial charge on any atom is -0.212 e. The molecule has 1 saturated carbocycles. The topological polar surface area (TPSA) is 34.1 Å². The fraction of sp³-hybridized carbons (Fsp3) is 0.538. The molecule has 0 saturated heterocycles. The largest absolute Gasteiger partial charge is 0.239 e. The van der Waals surface area contributed by atoms with Gasteiger partial charge in [0.2, 0.25) is 9.05 Å². The van der Waals surface area contributed by atoms with Crippen molar-refractivity contribution >= 4 is 19.7 Å². The average molecular weight is 273 g/mol. The molecule has 1 aliphatic carbocycles. The first-order valence-electron chi connectivity index (χ1n) is 6.07. The summed E-state index contributed by atoms with van der Waals surface area (Å²) >= 11 is 0. The Bertz CT molecular complexity index is 450. The van der Waals surface area contributed by atoms with E-state index in [-0.39, 0.29) is 5.92 Å². The van der Waals surface area contributed by atoms with Crippen LogP contribution >= 0.6 is 10.7 Å². The smallest absolute Gasteiger partial charge is 0.212 e. The van der Waals surface area contributed by atoms with Gasteiger partial charge in [0.25, 0.3) is 0 Å². The fourth-order valence-electron chi connectivity index (χ4n) is 2.74. The molecule has 1 atom stereocenters. The Labute approximate surface area is 107 Å². The van der Waals surface area contributed by atoms with Gasteiger partial charge in [0.05, 0.1) is 0 Å². The summed E-state index contributed by atoms with van der Waals surface area (Å²) in [6.45, 7) is 0. The maximum Gasteiger partial charge on any atom is 0.239 e. The molecule has 0 radical (unpaired) electrons. The van der Waals surface area contributed by atoms with Crippen LogP contribution in [0.1, 0.15) is 42.9 Å². The van der Waals surface area contributed by atoms with Crippen molar-refractivity contribution in [2.24, 2.45) is 5.92 Å². The van der Waals surface area contributed by atoms with Gasteiger partial charge in [0, 0.05) is 10.7 Å². The molecule has 17 heavy (non-hydrogen) atoms. The SMILES string of the molecule is O=S(=O)(Cl)C(c1ccccc1)C1CCCCC1. The van der Waals surface area contributed by atoms with E-state index in [1.165, 1.54) is 6.42 Å². The van der Waals surface area contributed by atoms with Gasteiger partial charge in [-0.3, -0.25) is 0 Å². The first-order chi connectivity index (χ1) is 8.09. The molecule has 0 N–H and O–H groups in total. The van der Waals surface area contributed by atoms with Crippen LogP contribution in [0.5, 0.6) is 0 Å². The van der Waals surface area contributed by atoms with Gasteiger partial charge in [-0.2, -0.15) is 0 Å². The Morgan fingerprint density at radius 1 is 1.06 bits per heavy atom. The van der Waals surface area contributed by atoms with E-state index in [4.69, 9.17) is 10.7 Å². The van der Waals surface area contributed by atoms with Gasteiger partial charge in [0.15, 0.2) is 0 Å². The molecule has 0 heterocycles. The quantitative estimate of drug-likeness (QED) is 0.783. The molecule has 1 aromatic carbocycles. The zero-order chi connectivity index (χ0) is 12.3. The fourth-order valence-corrected chi connectivity index (χ4v) is 4.70. The van der Waals surface area contributed by atoms with Crippen LogP contribution in [0.3, 0.4) is 0 Å². The van der Waals surface area contributed by atoms with Gasteiger partial charge in [-0.1, -0.05) is 49.6 Å². The summed E-state index contributed by atoms with van der Waals surface area (Å²) < 4.78 is 23.6. The van der Waals surface area contributed by atoms with E-state index in [0.717, 1.165) is 31.2 Å². The summed E-state index contributed by atoms with van der Waals surface area (Å²) in [7, 11) is 2.09. The van der Waals surface area contributed by atoms with Crippen LogP contribution in [-0.4, -0.2) is 8.42 Å². The van der Waals surface area contributed by atoms with Crippen molar-refractivity contribution in [2.75, 3.05) is 0 Å². The monoisotopic (exact) mass is 272 g/mol. The van der Waals surface area contributed by atoms with E-state index in [1.807, 2.05) is 30.3 Å². The van der Waals surface area contributed by atoms with Gasteiger partial charge in [-0.15, -0.1) is 0 Å². The molecule has 0 bridgehead atoms. The van der Waals surface area contributed by atoms with Gasteiger partial charge in [0.1, 0.15) is 5.25 Å². The van der Waals surface area contributed by atoms with Crippen molar-refractivity contribution in [1.82, 2.24) is 0 Å². The number of rotatable bonds is 3. The molecule has 94 valence electrons. The second-order valence-electron chi connectivity index (χ2n) is 4.70. The molecule has 2 nitrogen and oxygen atoms in total. The lowest BCUT2D eigenvalue weighted by Gasteiger charge is -2.28. The van der Waals surface area contributed by atoms with E-state index < -0.39 is 14.3 Å². The van der Waals surface area contributed by atoms with E-state index in [1.54, 1.807) is 0 Å². The molecule has 0 aliphatic heterocycles. The maximum atomic E-state index is 11.8. The number of benzene rings is 1. The second kappa shape index (κ2) is 5.40. The molecule has 0 aromatic heterocycles. The average Bonchev–Trinajstić information content (AvgIpc) is 2.30. The molecule has 4 heteroatoms. The first kappa shape index (κ1) is 12.9. The third-order valence-electron chi connectivity index (χ3n) is 3.51. The third kappa shape index (κ3) is 3.23. The van der Waals surface area contributed by atoms with Crippen molar-refractivity contribution in [3.63, 3.8) is 0 Å². The molecule has 1 aromatic rings. The first-order valence-corrected chi connectivity index (χ1v) is 8.45. The van der Waals surface area contributed by atoms with E-state index >= 15 is 0 Å². The Hall–Kier alpha value is -0.540. The van der Waals surface area contributed by atoms with E-state index in [0.29, 0.717) is 0 Å². The standard InChI is InChI=1S/C13H17ClO2S/c14-17(15,16)13(11-7-3-1-4-8-11)12-9-5-2-6-10-12/h1,3-4,7-8,12-13H,2,5-6,9-10H2. The van der Waals surface area contributed by atoms with Crippen LogP contribution in [0.2, 0.25) is 0 Å². The van der Waals surface area contributed by atoms with Crippen LogP contribution in [0.4, 0.5) is 0 Å². The van der Waals surface area contributed by atoms with E-state index in [2.05, 4.69) is 0 Å². The highest BCUT2D eigenvalue weighted by Crippen LogP contribution is 2.40. The zero-order valence-corrected chi connectivity index (χ0v) is 11.3. The van der Waals surface area contributed by atoms with Crippen LogP contribution < -0.4 is 0 Å². The summed E-state index contributed by atoms with van der Waals surface area (Å²) in [4.78, 5) is 0. The molecule has 1 fully saturated rings. The summed E-state index contributed by atoms with van der Waals surface area (Å²) in [6.07, 6.45) is 5.36. The third-order valence-corrected chi connectivity index (χ3v) is 5.35. The zero-order valence-electron chi connectivity index (χ0n) is 9.68. The van der Waals surface area contributed by atoms with Gasteiger partial charge in [-0.05, 0) is 24.3 Å². The van der Waals surface area contributed by atoms with Crippen LogP contribution in [0.15, 0.2) is 30.3 Å².